The summed E-state index contributed by atoms with van der Waals surface area (Å²) in [7, 11) is -2.73. The summed E-state index contributed by atoms with van der Waals surface area (Å²) in [5.74, 6) is -2.44. The average Bonchev–Trinajstić information content (AvgIpc) is 2.44. The molecule has 0 saturated heterocycles. The molecule has 1 atom stereocenters. The van der Waals surface area contributed by atoms with Crippen LogP contribution in [0, 0.1) is 0 Å². The van der Waals surface area contributed by atoms with Gasteiger partial charge in [0.15, 0.2) is 6.04 Å². The highest BCUT2D eigenvalue weighted by molar-refractivity contribution is 9.10. The first kappa shape index (κ1) is 18.5. The molecule has 1 aromatic carbocycles. The molecule has 0 aliphatic heterocycles. The van der Waals surface area contributed by atoms with Crippen molar-refractivity contribution in [3.8, 4) is 0 Å². The van der Waals surface area contributed by atoms with Crippen molar-refractivity contribution >= 4 is 37.8 Å². The van der Waals surface area contributed by atoms with Crippen LogP contribution in [-0.4, -0.2) is 56.0 Å². The van der Waals surface area contributed by atoms with E-state index in [0.29, 0.717) is 4.47 Å². The molecular weight excluding hydrogens is 383 g/mol. The second-order valence-electron chi connectivity index (χ2n) is 4.33. The summed E-state index contributed by atoms with van der Waals surface area (Å²) in [6.45, 7) is -1.91. The molecule has 0 aliphatic carbocycles. The number of hydrogen-bond donors (Lipinski definition) is 2. The number of carboxylic acids is 1. The van der Waals surface area contributed by atoms with Crippen LogP contribution in [0.1, 0.15) is 0 Å². The minimum Gasteiger partial charge on any atom is -0.480 e. The second-order valence-corrected chi connectivity index (χ2v) is 7.29. The Hall–Kier alpha value is -1.52. The van der Waals surface area contributed by atoms with Gasteiger partial charge in [-0.2, -0.15) is 4.31 Å². The number of alkyl halides is 1. The van der Waals surface area contributed by atoms with Crippen molar-refractivity contribution in [1.29, 1.82) is 0 Å². The minimum absolute atomic E-state index is 0.0220. The molecule has 0 bridgehead atoms. The summed E-state index contributed by atoms with van der Waals surface area (Å²) in [6.07, 6.45) is 0. The fraction of sp³-hybridized carbons (Fsp3) is 0.333. The van der Waals surface area contributed by atoms with Gasteiger partial charge in [0.25, 0.3) is 0 Å². The summed E-state index contributed by atoms with van der Waals surface area (Å²) in [5, 5.41) is 10.5. The molecule has 1 aromatic rings. The first-order valence-electron chi connectivity index (χ1n) is 5.98. The van der Waals surface area contributed by atoms with E-state index in [0.717, 1.165) is 4.31 Å². The highest BCUT2D eigenvalue weighted by Crippen LogP contribution is 2.17. The average molecular weight is 397 g/mol. The van der Waals surface area contributed by atoms with Crippen LogP contribution in [0.5, 0.6) is 0 Å². The number of amides is 1. The number of benzene rings is 1. The van der Waals surface area contributed by atoms with Crippen LogP contribution in [0.15, 0.2) is 33.6 Å². The fourth-order valence-electron chi connectivity index (χ4n) is 1.48. The van der Waals surface area contributed by atoms with Gasteiger partial charge >= 0.3 is 5.97 Å². The van der Waals surface area contributed by atoms with Crippen molar-refractivity contribution in [3.63, 3.8) is 0 Å². The normalized spacial score (nSPS) is 12.9. The molecule has 1 amide bonds. The zero-order valence-corrected chi connectivity index (χ0v) is 13.9. The number of hydrogen-bond acceptors (Lipinski definition) is 4. The van der Waals surface area contributed by atoms with Gasteiger partial charge < -0.3 is 10.4 Å². The molecule has 0 aromatic heterocycles. The maximum Gasteiger partial charge on any atom is 0.328 e. The Balaban J connectivity index is 2.79. The molecule has 0 spiro atoms. The smallest absolute Gasteiger partial charge is 0.328 e. The van der Waals surface area contributed by atoms with E-state index in [1.165, 1.54) is 31.3 Å². The lowest BCUT2D eigenvalue weighted by molar-refractivity contribution is -0.142. The first-order chi connectivity index (χ1) is 10.2. The number of aliphatic carboxylic acids is 1. The van der Waals surface area contributed by atoms with E-state index in [1.54, 1.807) is 0 Å². The van der Waals surface area contributed by atoms with Gasteiger partial charge in [0.1, 0.15) is 6.67 Å². The maximum absolute atomic E-state index is 12.4. The number of likely N-dealkylation sites (N-methyl/N-ethyl adjacent to an activating group) is 1. The topological polar surface area (TPSA) is 104 Å². The van der Waals surface area contributed by atoms with Crippen molar-refractivity contribution in [2.24, 2.45) is 0 Å². The summed E-state index contributed by atoms with van der Waals surface area (Å²) in [6, 6.07) is 4.08. The zero-order chi connectivity index (χ0) is 16.9. The largest absolute Gasteiger partial charge is 0.480 e. The monoisotopic (exact) mass is 396 g/mol. The first-order valence-corrected chi connectivity index (χ1v) is 8.22. The second kappa shape index (κ2) is 7.65. The van der Waals surface area contributed by atoms with Crippen LogP contribution in [0.2, 0.25) is 0 Å². The van der Waals surface area contributed by atoms with E-state index >= 15 is 0 Å². The lowest BCUT2D eigenvalue weighted by atomic mass is 10.3. The van der Waals surface area contributed by atoms with Crippen molar-refractivity contribution in [3.05, 3.63) is 28.7 Å². The highest BCUT2D eigenvalue weighted by Gasteiger charge is 2.25. The quantitative estimate of drug-likeness (QED) is 0.702. The predicted octanol–water partition coefficient (Wildman–Crippen LogP) is 0.608. The molecule has 22 heavy (non-hydrogen) atoms. The van der Waals surface area contributed by atoms with Gasteiger partial charge in [-0.15, -0.1) is 0 Å². The Morgan fingerprint density at radius 3 is 2.36 bits per heavy atom. The molecule has 10 heteroatoms. The Morgan fingerprint density at radius 2 is 1.91 bits per heavy atom. The third-order valence-corrected chi connectivity index (χ3v) is 5.02. The lowest BCUT2D eigenvalue weighted by Crippen LogP contribution is -2.47. The maximum atomic E-state index is 12.4. The highest BCUT2D eigenvalue weighted by atomic mass is 79.9. The molecule has 122 valence electrons. The lowest BCUT2D eigenvalue weighted by Gasteiger charge is -2.18. The number of nitrogens with zero attached hydrogens (tertiary/aromatic N) is 1. The van der Waals surface area contributed by atoms with Crippen molar-refractivity contribution < 1.29 is 27.5 Å². The van der Waals surface area contributed by atoms with Gasteiger partial charge in [-0.05, 0) is 24.3 Å². The van der Waals surface area contributed by atoms with E-state index in [-0.39, 0.29) is 4.90 Å². The number of halogens is 2. The molecule has 0 fully saturated rings. The zero-order valence-electron chi connectivity index (χ0n) is 11.5. The molecule has 1 unspecified atom stereocenters. The molecule has 0 aliphatic rings. The molecule has 0 radical (unpaired) electrons. The van der Waals surface area contributed by atoms with E-state index in [2.05, 4.69) is 15.9 Å². The molecule has 2 N–H and O–H groups in total. The Labute approximate surface area is 135 Å². The van der Waals surface area contributed by atoms with E-state index in [1.807, 2.05) is 5.32 Å². The molecule has 7 nitrogen and oxygen atoms in total. The SMILES string of the molecule is CN(CC(=O)NC(CF)C(=O)O)S(=O)(=O)c1ccc(Br)cc1. The Morgan fingerprint density at radius 1 is 1.36 bits per heavy atom. The van der Waals surface area contributed by atoms with Crippen molar-refractivity contribution in [2.75, 3.05) is 20.3 Å². The van der Waals surface area contributed by atoms with E-state index in [4.69, 9.17) is 5.11 Å². The number of rotatable bonds is 7. The fourth-order valence-corrected chi connectivity index (χ4v) is 2.87. The summed E-state index contributed by atoms with van der Waals surface area (Å²) >= 11 is 3.17. The van der Waals surface area contributed by atoms with Crippen LogP contribution < -0.4 is 5.32 Å². The van der Waals surface area contributed by atoms with Crippen LogP contribution in [0.3, 0.4) is 0 Å². The van der Waals surface area contributed by atoms with Crippen molar-refractivity contribution in [1.82, 2.24) is 9.62 Å². The molecule has 1 rings (SSSR count). The third kappa shape index (κ3) is 4.75. The number of carboxylic acid groups (broad SMARTS) is 1. The number of carbonyl (C=O) groups excluding carboxylic acids is 1. The van der Waals surface area contributed by atoms with Gasteiger partial charge in [0.2, 0.25) is 15.9 Å². The molecular formula is C12H14BrFN2O5S. The Kier molecular flexibility index (Phi) is 6.45. The number of sulfonamides is 1. The van der Waals surface area contributed by atoms with Crippen LogP contribution in [0.4, 0.5) is 4.39 Å². The van der Waals surface area contributed by atoms with E-state index in [9.17, 15) is 22.4 Å². The molecule has 0 heterocycles. The predicted molar refractivity (Wildman–Crippen MR) is 79.5 cm³/mol. The van der Waals surface area contributed by atoms with Crippen molar-refractivity contribution in [2.45, 2.75) is 10.9 Å². The van der Waals surface area contributed by atoms with Gasteiger partial charge in [-0.25, -0.2) is 17.6 Å². The summed E-state index contributed by atoms with van der Waals surface area (Å²) in [5.41, 5.74) is 0. The number of carbonyl (C=O) groups is 2. The summed E-state index contributed by atoms with van der Waals surface area (Å²) in [4.78, 5) is 22.2. The van der Waals surface area contributed by atoms with Gasteiger partial charge in [-0.1, -0.05) is 15.9 Å². The van der Waals surface area contributed by atoms with Crippen LogP contribution in [-0.2, 0) is 19.6 Å². The van der Waals surface area contributed by atoms with E-state index < -0.39 is 41.2 Å². The van der Waals surface area contributed by atoms with Gasteiger partial charge in [-0.3, -0.25) is 4.79 Å². The van der Waals surface area contributed by atoms with Gasteiger partial charge in [0, 0.05) is 11.5 Å². The minimum atomic E-state index is -3.90. The molecule has 0 saturated carbocycles. The third-order valence-electron chi connectivity index (χ3n) is 2.68. The number of nitrogens with one attached hydrogen (secondary N) is 1. The van der Waals surface area contributed by atoms with Crippen LogP contribution in [0.25, 0.3) is 0 Å². The van der Waals surface area contributed by atoms with Crippen LogP contribution >= 0.6 is 15.9 Å². The Bertz CT molecular complexity index is 650. The summed E-state index contributed by atoms with van der Waals surface area (Å²) < 4.78 is 38.3. The van der Waals surface area contributed by atoms with Gasteiger partial charge in [0.05, 0.1) is 11.4 Å². The standard InChI is InChI=1S/C12H14BrFN2O5S/c1-16(7-11(17)15-10(6-14)12(18)19)22(20,21)9-4-2-8(13)3-5-9/h2-5,10H,6-7H2,1H3,(H,15,17)(H,18,19).